The summed E-state index contributed by atoms with van der Waals surface area (Å²) in [4.78, 5) is 13.1. The number of nitrogens with zero attached hydrogens (tertiary/aromatic N) is 1. The fraction of sp³-hybridized carbons (Fsp3) is 0.480. The van der Waals surface area contributed by atoms with Crippen LogP contribution in [0, 0.1) is 19.8 Å². The number of piperidine rings is 1. The molecule has 33 heavy (non-hydrogen) atoms. The quantitative estimate of drug-likeness (QED) is 0.597. The highest BCUT2D eigenvalue weighted by atomic mass is 32.2. The first-order valence-corrected chi connectivity index (χ1v) is 12.8. The number of rotatable bonds is 9. The van der Waals surface area contributed by atoms with Crippen LogP contribution in [0.5, 0.6) is 11.5 Å². The summed E-state index contributed by atoms with van der Waals surface area (Å²) in [6.45, 7) is 7.47. The number of ether oxygens (including phenoxy) is 2. The van der Waals surface area contributed by atoms with Gasteiger partial charge in [-0.05, 0) is 62.4 Å². The Kier molecular flexibility index (Phi) is 8.37. The average molecular weight is 475 g/mol. The molecule has 1 fully saturated rings. The first-order chi connectivity index (χ1) is 15.8. The van der Waals surface area contributed by atoms with Gasteiger partial charge in [0.15, 0.2) is 11.5 Å². The van der Waals surface area contributed by atoms with Crippen molar-refractivity contribution in [2.75, 3.05) is 26.8 Å². The molecule has 2 aromatic carbocycles. The van der Waals surface area contributed by atoms with E-state index in [-0.39, 0.29) is 11.8 Å². The molecule has 0 unspecified atom stereocenters. The summed E-state index contributed by atoms with van der Waals surface area (Å²) in [6, 6.07) is 11.0. The fourth-order valence-corrected chi connectivity index (χ4v) is 5.75. The van der Waals surface area contributed by atoms with Crippen LogP contribution >= 0.6 is 0 Å². The molecule has 0 aromatic heterocycles. The van der Waals surface area contributed by atoms with Gasteiger partial charge in [0.2, 0.25) is 15.9 Å². The van der Waals surface area contributed by atoms with E-state index in [2.05, 4.69) is 5.32 Å². The van der Waals surface area contributed by atoms with Gasteiger partial charge in [-0.1, -0.05) is 30.7 Å². The Morgan fingerprint density at radius 2 is 1.82 bits per heavy atom. The zero-order valence-electron chi connectivity index (χ0n) is 19.9. The molecule has 0 radical (unpaired) electrons. The average Bonchev–Trinajstić information content (AvgIpc) is 2.81. The molecule has 3 rings (SSSR count). The predicted octanol–water partition coefficient (Wildman–Crippen LogP) is 3.82. The van der Waals surface area contributed by atoms with Crippen LogP contribution in [0.1, 0.15) is 42.9 Å². The van der Waals surface area contributed by atoms with Gasteiger partial charge in [-0.15, -0.1) is 0 Å². The number of sulfonamides is 1. The maximum atomic E-state index is 13.1. The van der Waals surface area contributed by atoms with E-state index < -0.39 is 10.0 Å². The third-order valence-electron chi connectivity index (χ3n) is 5.93. The number of benzene rings is 2. The molecule has 0 spiro atoms. The van der Waals surface area contributed by atoms with Gasteiger partial charge in [-0.3, -0.25) is 4.79 Å². The molecule has 1 aliphatic heterocycles. The minimum Gasteiger partial charge on any atom is -0.493 e. The normalized spacial score (nSPS) is 15.3. The van der Waals surface area contributed by atoms with Crippen LogP contribution in [0.2, 0.25) is 0 Å². The Bertz CT molecular complexity index is 1080. The van der Waals surface area contributed by atoms with Crippen molar-refractivity contribution < 1.29 is 22.7 Å². The largest absolute Gasteiger partial charge is 0.493 e. The van der Waals surface area contributed by atoms with E-state index in [0.717, 1.165) is 23.1 Å². The number of nitrogens with one attached hydrogen (secondary N) is 1. The Morgan fingerprint density at radius 1 is 1.09 bits per heavy atom. The van der Waals surface area contributed by atoms with Crippen LogP contribution in [-0.2, 0) is 21.4 Å². The van der Waals surface area contributed by atoms with E-state index in [1.807, 2.05) is 51.1 Å². The van der Waals surface area contributed by atoms with Gasteiger partial charge in [0.25, 0.3) is 0 Å². The van der Waals surface area contributed by atoms with Crippen LogP contribution < -0.4 is 14.8 Å². The zero-order chi connectivity index (χ0) is 24.0. The van der Waals surface area contributed by atoms with Crippen molar-refractivity contribution in [3.05, 3.63) is 53.1 Å². The monoisotopic (exact) mass is 474 g/mol. The number of aryl methyl sites for hydroxylation is 2. The van der Waals surface area contributed by atoms with Crippen molar-refractivity contribution in [1.29, 1.82) is 0 Å². The minimum absolute atomic E-state index is 0.0520. The smallest absolute Gasteiger partial charge is 0.243 e. The lowest BCUT2D eigenvalue weighted by Gasteiger charge is -2.31. The molecule has 1 aliphatic rings. The van der Waals surface area contributed by atoms with Gasteiger partial charge in [0, 0.05) is 25.6 Å². The lowest BCUT2D eigenvalue weighted by molar-refractivity contribution is -0.126. The maximum absolute atomic E-state index is 13.1. The molecular weight excluding hydrogens is 440 g/mol. The van der Waals surface area contributed by atoms with Gasteiger partial charge in [-0.25, -0.2) is 8.42 Å². The van der Waals surface area contributed by atoms with E-state index in [1.54, 1.807) is 13.2 Å². The molecular formula is C25H34N2O5S. The second-order valence-electron chi connectivity index (χ2n) is 8.50. The third-order valence-corrected chi connectivity index (χ3v) is 7.99. The maximum Gasteiger partial charge on any atom is 0.243 e. The van der Waals surface area contributed by atoms with Crippen molar-refractivity contribution in [3.8, 4) is 11.5 Å². The lowest BCUT2D eigenvalue weighted by atomic mass is 9.97. The van der Waals surface area contributed by atoms with Crippen LogP contribution in [0.15, 0.2) is 41.3 Å². The summed E-state index contributed by atoms with van der Waals surface area (Å²) >= 11 is 0. The van der Waals surface area contributed by atoms with Crippen molar-refractivity contribution in [3.63, 3.8) is 0 Å². The first kappa shape index (κ1) is 25.1. The first-order valence-electron chi connectivity index (χ1n) is 11.4. The molecule has 8 heteroatoms. The fourth-order valence-electron chi connectivity index (χ4n) is 4.07. The van der Waals surface area contributed by atoms with E-state index >= 15 is 0 Å². The number of methoxy groups -OCH3 is 1. The summed E-state index contributed by atoms with van der Waals surface area (Å²) in [5, 5.41) is 2.98. The summed E-state index contributed by atoms with van der Waals surface area (Å²) in [6.07, 6.45) is 1.91. The highest BCUT2D eigenvalue weighted by molar-refractivity contribution is 7.89. The molecule has 2 aromatic rings. The van der Waals surface area contributed by atoms with Gasteiger partial charge < -0.3 is 14.8 Å². The molecule has 0 aliphatic carbocycles. The number of hydrogen-bond acceptors (Lipinski definition) is 5. The molecule has 0 saturated carbocycles. The molecule has 7 nitrogen and oxygen atoms in total. The molecule has 1 saturated heterocycles. The molecule has 1 N–H and O–H groups in total. The summed E-state index contributed by atoms with van der Waals surface area (Å²) in [5.74, 6) is 1.07. The standard InChI is InChI=1S/C25H34N2O5S/c1-5-14-32-22-8-7-20(16-23(22)31-4)17-26-25(28)21-10-12-27(13-11-21)33(29,30)24-9-6-18(2)15-19(24)3/h6-9,15-16,21H,5,10-14,17H2,1-4H3,(H,26,28). The summed E-state index contributed by atoms with van der Waals surface area (Å²) < 4.78 is 38.7. The van der Waals surface area contributed by atoms with Gasteiger partial charge in [0.1, 0.15) is 0 Å². The number of carbonyl (C=O) groups is 1. The van der Waals surface area contributed by atoms with Crippen LogP contribution in [0.25, 0.3) is 0 Å². The van der Waals surface area contributed by atoms with E-state index in [4.69, 9.17) is 9.47 Å². The Balaban J connectivity index is 1.55. The van der Waals surface area contributed by atoms with E-state index in [9.17, 15) is 13.2 Å². The predicted molar refractivity (Wildman–Crippen MR) is 128 cm³/mol. The molecule has 0 atom stereocenters. The Hall–Kier alpha value is -2.58. The lowest BCUT2D eigenvalue weighted by Crippen LogP contribution is -2.43. The topological polar surface area (TPSA) is 84.9 Å². The van der Waals surface area contributed by atoms with Crippen molar-refractivity contribution in [1.82, 2.24) is 9.62 Å². The highest BCUT2D eigenvalue weighted by Crippen LogP contribution is 2.29. The molecule has 0 bridgehead atoms. The number of carbonyl (C=O) groups excluding carboxylic acids is 1. The van der Waals surface area contributed by atoms with Gasteiger partial charge in [-0.2, -0.15) is 4.31 Å². The highest BCUT2D eigenvalue weighted by Gasteiger charge is 2.32. The SMILES string of the molecule is CCCOc1ccc(CNC(=O)C2CCN(S(=O)(=O)c3ccc(C)cc3C)CC2)cc1OC. The minimum atomic E-state index is -3.56. The van der Waals surface area contributed by atoms with Gasteiger partial charge >= 0.3 is 0 Å². The molecule has 180 valence electrons. The van der Waals surface area contributed by atoms with Crippen molar-refractivity contribution in [2.24, 2.45) is 5.92 Å². The Morgan fingerprint density at radius 3 is 2.45 bits per heavy atom. The summed E-state index contributed by atoms with van der Waals surface area (Å²) in [5.41, 5.74) is 2.69. The van der Waals surface area contributed by atoms with E-state index in [1.165, 1.54) is 4.31 Å². The Labute approximate surface area is 197 Å². The zero-order valence-corrected chi connectivity index (χ0v) is 20.7. The van der Waals surface area contributed by atoms with E-state index in [0.29, 0.717) is 55.5 Å². The van der Waals surface area contributed by atoms with Crippen molar-refractivity contribution >= 4 is 15.9 Å². The molecule has 1 amide bonds. The molecule has 1 heterocycles. The van der Waals surface area contributed by atoms with Crippen LogP contribution in [0.4, 0.5) is 0 Å². The third kappa shape index (κ3) is 6.06. The second kappa shape index (κ2) is 11.0. The second-order valence-corrected chi connectivity index (χ2v) is 10.4. The van der Waals surface area contributed by atoms with Crippen LogP contribution in [-0.4, -0.2) is 45.4 Å². The number of hydrogen-bond donors (Lipinski definition) is 1. The van der Waals surface area contributed by atoms with Crippen molar-refractivity contribution in [2.45, 2.75) is 51.5 Å². The number of amides is 1. The van der Waals surface area contributed by atoms with Crippen LogP contribution in [0.3, 0.4) is 0 Å². The summed E-state index contributed by atoms with van der Waals surface area (Å²) in [7, 11) is -1.96. The van der Waals surface area contributed by atoms with Gasteiger partial charge in [0.05, 0.1) is 18.6 Å².